The molecule has 0 saturated carbocycles. The molecule has 0 aliphatic heterocycles. The molecule has 1 rings (SSSR count). The average molecular weight is 238 g/mol. The Bertz CT molecular complexity index is 359. The van der Waals surface area contributed by atoms with Gasteiger partial charge in [0.2, 0.25) is 0 Å². The molecule has 0 amide bonds. The van der Waals surface area contributed by atoms with Crippen molar-refractivity contribution in [2.24, 2.45) is 5.41 Å². The summed E-state index contributed by atoms with van der Waals surface area (Å²) in [6.45, 7) is 2.96. The molecular weight excluding hydrogens is 220 g/mol. The van der Waals surface area contributed by atoms with Gasteiger partial charge >= 0.3 is 5.97 Å². The second kappa shape index (κ2) is 5.80. The molecule has 0 spiro atoms. The molecule has 4 heteroatoms. The molecule has 1 unspecified atom stereocenters. The number of carbonyl (C=O) groups is 1. The molecule has 4 nitrogen and oxygen atoms in total. The molecule has 0 bridgehead atoms. The van der Waals surface area contributed by atoms with Crippen molar-refractivity contribution in [2.75, 3.05) is 13.2 Å². The smallest absolute Gasteiger partial charge is 0.314 e. The summed E-state index contributed by atoms with van der Waals surface area (Å²) in [5.74, 6) is -0.525. The number of hydrogen-bond acceptors (Lipinski definition) is 4. The Hall–Kier alpha value is -1.39. The van der Waals surface area contributed by atoms with Crippen LogP contribution in [0.4, 0.5) is 0 Å². The van der Waals surface area contributed by atoms with E-state index in [1.54, 1.807) is 38.1 Å². The van der Waals surface area contributed by atoms with Crippen LogP contribution in [0.25, 0.3) is 0 Å². The topological polar surface area (TPSA) is 66.8 Å². The minimum Gasteiger partial charge on any atom is -0.463 e. The maximum atomic E-state index is 11.7. The number of aliphatic hydroxyl groups is 2. The maximum Gasteiger partial charge on any atom is 0.314 e. The van der Waals surface area contributed by atoms with Crippen molar-refractivity contribution < 1.29 is 19.7 Å². The Morgan fingerprint density at radius 2 is 1.94 bits per heavy atom. The molecule has 17 heavy (non-hydrogen) atoms. The minimum atomic E-state index is -1.05. The third kappa shape index (κ3) is 3.28. The average Bonchev–Trinajstić information content (AvgIpc) is 2.35. The molecule has 1 aromatic rings. The maximum absolute atomic E-state index is 11.7. The second-order valence-corrected chi connectivity index (χ2v) is 4.39. The van der Waals surface area contributed by atoms with Gasteiger partial charge in [-0.15, -0.1) is 0 Å². The number of hydrogen-bond donors (Lipinski definition) is 2. The summed E-state index contributed by atoms with van der Waals surface area (Å²) in [6, 6.07) is 8.95. The van der Waals surface area contributed by atoms with Gasteiger partial charge in [-0.1, -0.05) is 30.3 Å². The van der Waals surface area contributed by atoms with E-state index in [1.807, 2.05) is 6.07 Å². The zero-order valence-corrected chi connectivity index (χ0v) is 10.1. The van der Waals surface area contributed by atoms with Crippen LogP contribution in [0.2, 0.25) is 0 Å². The van der Waals surface area contributed by atoms with E-state index in [0.717, 1.165) is 0 Å². The van der Waals surface area contributed by atoms with Crippen LogP contribution < -0.4 is 0 Å². The first kappa shape index (κ1) is 13.7. The Morgan fingerprint density at radius 3 is 2.47 bits per heavy atom. The molecule has 0 aliphatic carbocycles. The molecule has 94 valence electrons. The van der Waals surface area contributed by atoms with Gasteiger partial charge in [0.05, 0.1) is 18.1 Å². The standard InChI is InChI=1S/C13H18O4/c1-13(2,12(16)17-9-8-14)11(15)10-6-4-3-5-7-10/h3-7,11,14-15H,8-9H2,1-2H3. The van der Waals surface area contributed by atoms with E-state index in [9.17, 15) is 9.90 Å². The summed E-state index contributed by atoms with van der Waals surface area (Å²) in [7, 11) is 0. The van der Waals surface area contributed by atoms with E-state index >= 15 is 0 Å². The third-order valence-electron chi connectivity index (χ3n) is 2.65. The van der Waals surface area contributed by atoms with Crippen LogP contribution in [0.1, 0.15) is 25.5 Å². The molecule has 0 radical (unpaired) electrons. The number of ether oxygens (including phenoxy) is 1. The van der Waals surface area contributed by atoms with E-state index in [0.29, 0.717) is 5.56 Å². The minimum absolute atomic E-state index is 0.0518. The fourth-order valence-electron chi connectivity index (χ4n) is 1.49. The molecule has 0 aliphatic rings. The number of carbonyl (C=O) groups excluding carboxylic acids is 1. The first-order valence-electron chi connectivity index (χ1n) is 5.51. The summed E-state index contributed by atoms with van der Waals surface area (Å²) in [5.41, 5.74) is -0.380. The lowest BCUT2D eigenvalue weighted by molar-refractivity contribution is -0.161. The highest BCUT2D eigenvalue weighted by Crippen LogP contribution is 2.34. The quantitative estimate of drug-likeness (QED) is 0.758. The zero-order chi connectivity index (χ0) is 12.9. The Kier molecular flexibility index (Phi) is 4.66. The van der Waals surface area contributed by atoms with Crippen molar-refractivity contribution in [1.82, 2.24) is 0 Å². The lowest BCUT2D eigenvalue weighted by Gasteiger charge is -2.28. The van der Waals surface area contributed by atoms with E-state index < -0.39 is 17.5 Å². The molecule has 0 heterocycles. The number of aliphatic hydroxyl groups excluding tert-OH is 2. The van der Waals surface area contributed by atoms with Crippen molar-refractivity contribution in [3.05, 3.63) is 35.9 Å². The second-order valence-electron chi connectivity index (χ2n) is 4.39. The van der Waals surface area contributed by atoms with Crippen LogP contribution in [0.15, 0.2) is 30.3 Å². The molecule has 1 aromatic carbocycles. The molecule has 0 saturated heterocycles. The van der Waals surface area contributed by atoms with E-state index in [4.69, 9.17) is 9.84 Å². The van der Waals surface area contributed by atoms with Crippen molar-refractivity contribution >= 4 is 5.97 Å². The molecule has 0 fully saturated rings. The Balaban J connectivity index is 2.79. The van der Waals surface area contributed by atoms with Gasteiger partial charge in [0.15, 0.2) is 0 Å². The molecule has 1 atom stereocenters. The summed E-state index contributed by atoms with van der Waals surface area (Å²) < 4.78 is 4.85. The lowest BCUT2D eigenvalue weighted by Crippen LogP contribution is -2.33. The number of benzene rings is 1. The van der Waals surface area contributed by atoms with Crippen molar-refractivity contribution in [3.8, 4) is 0 Å². The Morgan fingerprint density at radius 1 is 1.35 bits per heavy atom. The van der Waals surface area contributed by atoms with Gasteiger partial charge in [-0.2, -0.15) is 0 Å². The molecule has 0 aromatic heterocycles. The predicted molar refractivity (Wildman–Crippen MR) is 63.2 cm³/mol. The highest BCUT2D eigenvalue weighted by atomic mass is 16.5. The van der Waals surface area contributed by atoms with Crippen LogP contribution in [-0.4, -0.2) is 29.4 Å². The highest BCUT2D eigenvalue weighted by molar-refractivity contribution is 5.77. The van der Waals surface area contributed by atoms with E-state index in [1.165, 1.54) is 0 Å². The SMILES string of the molecule is CC(C)(C(=O)OCCO)C(O)c1ccccc1. The molecule has 2 N–H and O–H groups in total. The van der Waals surface area contributed by atoms with Crippen LogP contribution in [0.3, 0.4) is 0 Å². The van der Waals surface area contributed by atoms with Gasteiger partial charge in [0, 0.05) is 0 Å². The van der Waals surface area contributed by atoms with Gasteiger partial charge in [-0.25, -0.2) is 0 Å². The first-order chi connectivity index (χ1) is 8.00. The number of rotatable bonds is 5. The lowest BCUT2D eigenvalue weighted by atomic mass is 9.83. The van der Waals surface area contributed by atoms with Gasteiger partial charge in [-0.3, -0.25) is 4.79 Å². The summed E-state index contributed by atoms with van der Waals surface area (Å²) in [6.07, 6.45) is -0.935. The van der Waals surface area contributed by atoms with Crippen molar-refractivity contribution in [3.63, 3.8) is 0 Å². The summed E-state index contributed by atoms with van der Waals surface area (Å²) in [4.78, 5) is 11.7. The van der Waals surface area contributed by atoms with E-state index in [2.05, 4.69) is 0 Å². The predicted octanol–water partition coefficient (Wildman–Crippen LogP) is 1.28. The van der Waals surface area contributed by atoms with Crippen LogP contribution in [0, 0.1) is 5.41 Å². The highest BCUT2D eigenvalue weighted by Gasteiger charge is 2.38. The van der Waals surface area contributed by atoms with Crippen molar-refractivity contribution in [1.29, 1.82) is 0 Å². The fourth-order valence-corrected chi connectivity index (χ4v) is 1.49. The normalized spacial score (nSPS) is 13.2. The summed E-state index contributed by atoms with van der Waals surface area (Å²) >= 11 is 0. The third-order valence-corrected chi connectivity index (χ3v) is 2.65. The zero-order valence-electron chi connectivity index (χ0n) is 10.1. The van der Waals surface area contributed by atoms with Crippen molar-refractivity contribution in [2.45, 2.75) is 20.0 Å². The Labute approximate surface area is 101 Å². The monoisotopic (exact) mass is 238 g/mol. The first-order valence-corrected chi connectivity index (χ1v) is 5.51. The van der Waals surface area contributed by atoms with Gasteiger partial charge in [0.1, 0.15) is 6.61 Å². The van der Waals surface area contributed by atoms with Gasteiger partial charge < -0.3 is 14.9 Å². The van der Waals surface area contributed by atoms with Crippen LogP contribution in [0.5, 0.6) is 0 Å². The summed E-state index contributed by atoms with van der Waals surface area (Å²) in [5, 5.41) is 18.8. The van der Waals surface area contributed by atoms with Gasteiger partial charge in [-0.05, 0) is 19.4 Å². The van der Waals surface area contributed by atoms with Crippen LogP contribution >= 0.6 is 0 Å². The largest absolute Gasteiger partial charge is 0.463 e. The van der Waals surface area contributed by atoms with Crippen LogP contribution in [-0.2, 0) is 9.53 Å². The number of esters is 1. The molecular formula is C13H18O4. The van der Waals surface area contributed by atoms with E-state index in [-0.39, 0.29) is 13.2 Å². The fraction of sp³-hybridized carbons (Fsp3) is 0.462. The van der Waals surface area contributed by atoms with Gasteiger partial charge in [0.25, 0.3) is 0 Å².